The molecule has 0 bridgehead atoms. The number of halogens is 1. The van der Waals surface area contributed by atoms with E-state index in [9.17, 15) is 0 Å². The molecule has 0 radical (unpaired) electrons. The Morgan fingerprint density at radius 3 is 2.92 bits per heavy atom. The summed E-state index contributed by atoms with van der Waals surface area (Å²) in [7, 11) is 1.90. The lowest BCUT2D eigenvalue weighted by Gasteiger charge is -2.15. The van der Waals surface area contributed by atoms with Gasteiger partial charge in [-0.3, -0.25) is 0 Å². The Kier molecular flexibility index (Phi) is 3.53. The van der Waals surface area contributed by atoms with Gasteiger partial charge in [-0.05, 0) is 12.1 Å². The first-order valence-corrected chi connectivity index (χ1v) is 4.31. The summed E-state index contributed by atoms with van der Waals surface area (Å²) in [4.78, 5) is 6.03. The Morgan fingerprint density at radius 1 is 1.62 bits per heavy atom. The van der Waals surface area contributed by atoms with Gasteiger partial charge in [-0.2, -0.15) is 5.26 Å². The highest BCUT2D eigenvalue weighted by atomic mass is 35.5. The zero-order valence-electron chi connectivity index (χ0n) is 7.37. The summed E-state index contributed by atoms with van der Waals surface area (Å²) in [6.45, 7) is 0.686. The lowest BCUT2D eigenvalue weighted by molar-refractivity contribution is 0.885. The highest BCUT2D eigenvalue weighted by Gasteiger charge is 2.00. The van der Waals surface area contributed by atoms with Crippen molar-refractivity contribution in [2.24, 2.45) is 0 Å². The van der Waals surface area contributed by atoms with Crippen molar-refractivity contribution in [2.45, 2.75) is 6.42 Å². The summed E-state index contributed by atoms with van der Waals surface area (Å²) in [5, 5.41) is 9.01. The third-order valence-electron chi connectivity index (χ3n) is 1.66. The molecule has 0 aliphatic heterocycles. The summed E-state index contributed by atoms with van der Waals surface area (Å²) >= 11 is 5.69. The second-order valence-corrected chi connectivity index (χ2v) is 3.10. The number of hydrogen-bond acceptors (Lipinski definition) is 3. The Labute approximate surface area is 82.6 Å². The lowest BCUT2D eigenvalue weighted by Crippen LogP contribution is -2.18. The molecule has 0 atom stereocenters. The third-order valence-corrected chi connectivity index (χ3v) is 1.89. The number of anilines is 1. The van der Waals surface area contributed by atoms with Crippen LogP contribution in [0.3, 0.4) is 0 Å². The molecule has 1 aromatic rings. The van der Waals surface area contributed by atoms with E-state index in [0.29, 0.717) is 18.0 Å². The van der Waals surface area contributed by atoms with Crippen LogP contribution in [-0.4, -0.2) is 18.6 Å². The maximum atomic E-state index is 8.39. The molecule has 0 aromatic carbocycles. The van der Waals surface area contributed by atoms with Crippen molar-refractivity contribution in [3.05, 3.63) is 23.4 Å². The predicted octanol–water partition coefficient (Wildman–Crippen LogP) is 2.08. The van der Waals surface area contributed by atoms with E-state index in [1.807, 2.05) is 18.0 Å². The number of nitrogens with zero attached hydrogens (tertiary/aromatic N) is 3. The highest BCUT2D eigenvalue weighted by Crippen LogP contribution is 2.12. The van der Waals surface area contributed by atoms with Gasteiger partial charge in [0, 0.05) is 19.8 Å². The molecule has 0 saturated carbocycles. The number of pyridine rings is 1. The van der Waals surface area contributed by atoms with Crippen molar-refractivity contribution in [3.8, 4) is 6.07 Å². The van der Waals surface area contributed by atoms with Crippen LogP contribution in [0.2, 0.25) is 5.02 Å². The van der Waals surface area contributed by atoms with Crippen LogP contribution < -0.4 is 4.90 Å². The minimum atomic E-state index is 0.501. The molecule has 0 unspecified atom stereocenters. The summed E-state index contributed by atoms with van der Waals surface area (Å²) in [5.74, 6) is 0.833. The molecule has 1 rings (SSSR count). The fraction of sp³-hybridized carbons (Fsp3) is 0.333. The van der Waals surface area contributed by atoms with E-state index in [0.717, 1.165) is 5.82 Å². The quantitative estimate of drug-likeness (QED) is 0.742. The van der Waals surface area contributed by atoms with Crippen molar-refractivity contribution < 1.29 is 0 Å². The van der Waals surface area contributed by atoms with Gasteiger partial charge < -0.3 is 4.90 Å². The molecule has 3 nitrogen and oxygen atoms in total. The van der Waals surface area contributed by atoms with Crippen molar-refractivity contribution >= 4 is 17.4 Å². The zero-order valence-corrected chi connectivity index (χ0v) is 8.12. The molecule has 0 N–H and O–H groups in total. The number of hydrogen-bond donors (Lipinski definition) is 0. The van der Waals surface area contributed by atoms with Crippen LogP contribution >= 0.6 is 11.6 Å². The SMILES string of the molecule is CN(CCC#N)c1ccc(Cl)cn1. The smallest absolute Gasteiger partial charge is 0.128 e. The predicted molar refractivity (Wildman–Crippen MR) is 52.7 cm³/mol. The standard InChI is InChI=1S/C9H10ClN3/c1-13(6-2-5-11)9-4-3-8(10)7-12-9/h3-4,7H,2,6H2,1H3. The van der Waals surface area contributed by atoms with Crippen LogP contribution in [0.1, 0.15) is 6.42 Å². The van der Waals surface area contributed by atoms with Gasteiger partial charge in [0.25, 0.3) is 0 Å². The van der Waals surface area contributed by atoms with Gasteiger partial charge >= 0.3 is 0 Å². The highest BCUT2D eigenvalue weighted by molar-refractivity contribution is 6.30. The molecule has 1 heterocycles. The van der Waals surface area contributed by atoms with Gasteiger partial charge in [-0.15, -0.1) is 0 Å². The average Bonchev–Trinajstić information content (AvgIpc) is 2.15. The van der Waals surface area contributed by atoms with Gasteiger partial charge in [0.2, 0.25) is 0 Å². The third kappa shape index (κ3) is 2.92. The molecule has 0 spiro atoms. The minimum Gasteiger partial charge on any atom is -0.359 e. The monoisotopic (exact) mass is 195 g/mol. The molecule has 0 aliphatic carbocycles. The average molecular weight is 196 g/mol. The fourth-order valence-corrected chi connectivity index (χ4v) is 1.04. The van der Waals surface area contributed by atoms with Gasteiger partial charge in [0.05, 0.1) is 17.5 Å². The number of aromatic nitrogens is 1. The summed E-state index contributed by atoms with van der Waals surface area (Å²) in [5.41, 5.74) is 0. The van der Waals surface area contributed by atoms with Crippen LogP contribution in [0.15, 0.2) is 18.3 Å². The molecular formula is C9H10ClN3. The van der Waals surface area contributed by atoms with Gasteiger partial charge in [0.1, 0.15) is 5.82 Å². The Balaban J connectivity index is 2.62. The summed E-state index contributed by atoms with van der Waals surface area (Å²) in [6, 6.07) is 5.70. The maximum absolute atomic E-state index is 8.39. The number of nitriles is 1. The van der Waals surface area contributed by atoms with Gasteiger partial charge in [0.15, 0.2) is 0 Å². The summed E-state index contributed by atoms with van der Waals surface area (Å²) in [6.07, 6.45) is 2.10. The maximum Gasteiger partial charge on any atom is 0.128 e. The van der Waals surface area contributed by atoms with Crippen molar-refractivity contribution in [2.75, 3.05) is 18.5 Å². The molecule has 0 saturated heterocycles. The first-order valence-electron chi connectivity index (χ1n) is 3.93. The normalized spacial score (nSPS) is 9.31. The minimum absolute atomic E-state index is 0.501. The van der Waals surface area contributed by atoms with Crippen LogP contribution in [0.5, 0.6) is 0 Å². The van der Waals surface area contributed by atoms with E-state index >= 15 is 0 Å². The molecule has 13 heavy (non-hydrogen) atoms. The molecule has 68 valence electrons. The van der Waals surface area contributed by atoms with E-state index in [2.05, 4.69) is 11.1 Å². The molecule has 1 aromatic heterocycles. The molecule has 4 heteroatoms. The molecule has 0 fully saturated rings. The first kappa shape index (κ1) is 9.82. The topological polar surface area (TPSA) is 39.9 Å². The largest absolute Gasteiger partial charge is 0.359 e. The lowest BCUT2D eigenvalue weighted by atomic mass is 10.4. The molecule has 0 aliphatic rings. The van der Waals surface area contributed by atoms with Gasteiger partial charge in [-0.25, -0.2) is 4.98 Å². The van der Waals surface area contributed by atoms with E-state index in [-0.39, 0.29) is 0 Å². The number of rotatable bonds is 3. The van der Waals surface area contributed by atoms with E-state index in [4.69, 9.17) is 16.9 Å². The Hall–Kier alpha value is -1.27. The van der Waals surface area contributed by atoms with Crippen LogP contribution in [-0.2, 0) is 0 Å². The van der Waals surface area contributed by atoms with E-state index < -0.39 is 0 Å². The van der Waals surface area contributed by atoms with Gasteiger partial charge in [-0.1, -0.05) is 11.6 Å². The summed E-state index contributed by atoms with van der Waals surface area (Å²) < 4.78 is 0. The Bertz CT molecular complexity index is 302. The first-order chi connectivity index (χ1) is 6.24. The molecule has 0 amide bonds. The van der Waals surface area contributed by atoms with E-state index in [1.165, 1.54) is 0 Å². The second-order valence-electron chi connectivity index (χ2n) is 2.66. The van der Waals surface area contributed by atoms with Crippen molar-refractivity contribution in [1.29, 1.82) is 5.26 Å². The van der Waals surface area contributed by atoms with Crippen molar-refractivity contribution in [3.63, 3.8) is 0 Å². The van der Waals surface area contributed by atoms with E-state index in [1.54, 1.807) is 12.3 Å². The zero-order chi connectivity index (χ0) is 9.68. The van der Waals surface area contributed by atoms with Crippen LogP contribution in [0, 0.1) is 11.3 Å². The molecular weight excluding hydrogens is 186 g/mol. The second kappa shape index (κ2) is 4.68. The van der Waals surface area contributed by atoms with Crippen LogP contribution in [0.25, 0.3) is 0 Å². The van der Waals surface area contributed by atoms with Crippen LogP contribution in [0.4, 0.5) is 5.82 Å². The van der Waals surface area contributed by atoms with Crippen molar-refractivity contribution in [1.82, 2.24) is 4.98 Å². The fourth-order valence-electron chi connectivity index (χ4n) is 0.926. The Morgan fingerprint density at radius 2 is 2.38 bits per heavy atom.